The number of hydrogen-bond acceptors (Lipinski definition) is 4. The van der Waals surface area contributed by atoms with E-state index in [1.54, 1.807) is 12.1 Å². The number of carbonyl (C=O) groups is 2. The Morgan fingerprint density at radius 2 is 1.56 bits per heavy atom. The minimum Gasteiger partial charge on any atom is -0.495 e. The molecular weight excluding hydrogens is 407 g/mol. The van der Waals surface area contributed by atoms with Gasteiger partial charge in [-0.15, -0.1) is 0 Å². The van der Waals surface area contributed by atoms with Gasteiger partial charge in [-0.3, -0.25) is 9.59 Å². The minimum atomic E-state index is -0.503. The number of anilines is 2. The highest BCUT2D eigenvalue weighted by molar-refractivity contribution is 6.46. The number of benzene rings is 3. The largest absolute Gasteiger partial charge is 0.495 e. The summed E-state index contributed by atoms with van der Waals surface area (Å²) in [6.07, 6.45) is 0. The Kier molecular flexibility index (Phi) is 5.53. The van der Waals surface area contributed by atoms with Gasteiger partial charge >= 0.3 is 0 Å². The molecule has 5 nitrogen and oxygen atoms in total. The molecule has 3 aromatic rings. The summed E-state index contributed by atoms with van der Waals surface area (Å²) in [4.78, 5) is 28.3. The molecule has 2 amide bonds. The maximum absolute atomic E-state index is 13.6. The first-order valence-electron chi connectivity index (χ1n) is 10.2. The maximum Gasteiger partial charge on any atom is 0.282 e. The van der Waals surface area contributed by atoms with Crippen molar-refractivity contribution >= 4 is 28.8 Å². The lowest BCUT2D eigenvalue weighted by molar-refractivity contribution is -0.120. The van der Waals surface area contributed by atoms with E-state index in [1.807, 2.05) is 45.0 Å². The topological polar surface area (TPSA) is 58.6 Å². The minimum absolute atomic E-state index is 0.133. The zero-order valence-electron chi connectivity index (χ0n) is 18.3. The first kappa shape index (κ1) is 21.3. The van der Waals surface area contributed by atoms with Gasteiger partial charge in [0.2, 0.25) is 0 Å². The standard InChI is InChI=1S/C26H23FN2O3/c1-15-5-12-22(32-4)21(13-15)29-25(30)23(18-7-6-16(2)17(3)14-18)24(26(29)31)28-20-10-8-19(27)9-11-20/h5-14,28H,1-4H3. The maximum atomic E-state index is 13.6. The average Bonchev–Trinajstić information content (AvgIpc) is 3.01. The van der Waals surface area contributed by atoms with Gasteiger partial charge in [0.15, 0.2) is 0 Å². The fourth-order valence-electron chi connectivity index (χ4n) is 3.68. The number of amides is 2. The molecule has 1 heterocycles. The zero-order chi connectivity index (χ0) is 23.0. The van der Waals surface area contributed by atoms with E-state index >= 15 is 0 Å². The van der Waals surface area contributed by atoms with Crippen LogP contribution in [0.25, 0.3) is 5.57 Å². The highest BCUT2D eigenvalue weighted by atomic mass is 19.1. The van der Waals surface area contributed by atoms with Gasteiger partial charge in [-0.2, -0.15) is 0 Å². The molecule has 0 aromatic heterocycles. The SMILES string of the molecule is COc1ccc(C)cc1N1C(=O)C(Nc2ccc(F)cc2)=C(c2ccc(C)c(C)c2)C1=O. The molecule has 0 radical (unpaired) electrons. The Labute approximate surface area is 186 Å². The van der Waals surface area contributed by atoms with E-state index in [0.29, 0.717) is 22.7 Å². The Bertz CT molecular complexity index is 1260. The number of carbonyl (C=O) groups excluding carboxylic acids is 2. The van der Waals surface area contributed by atoms with Crippen LogP contribution in [0.3, 0.4) is 0 Å². The molecule has 4 rings (SSSR count). The molecule has 3 aromatic carbocycles. The Hall–Kier alpha value is -3.93. The predicted molar refractivity (Wildman–Crippen MR) is 123 cm³/mol. The van der Waals surface area contributed by atoms with Gasteiger partial charge in [0.1, 0.15) is 17.3 Å². The number of hydrogen-bond donors (Lipinski definition) is 1. The number of rotatable bonds is 5. The van der Waals surface area contributed by atoms with Crippen LogP contribution < -0.4 is 15.0 Å². The van der Waals surface area contributed by atoms with Gasteiger partial charge < -0.3 is 10.1 Å². The first-order chi connectivity index (χ1) is 15.3. The van der Waals surface area contributed by atoms with Crippen LogP contribution in [0.2, 0.25) is 0 Å². The number of nitrogens with one attached hydrogen (secondary N) is 1. The Morgan fingerprint density at radius 3 is 2.22 bits per heavy atom. The van der Waals surface area contributed by atoms with Gasteiger partial charge in [-0.05, 0) is 79.4 Å². The summed E-state index contributed by atoms with van der Waals surface area (Å²) in [5.74, 6) is -0.929. The van der Waals surface area contributed by atoms with Crippen LogP contribution in [-0.2, 0) is 9.59 Å². The van der Waals surface area contributed by atoms with E-state index in [1.165, 1.54) is 31.4 Å². The molecule has 32 heavy (non-hydrogen) atoms. The molecule has 0 aliphatic carbocycles. The highest BCUT2D eigenvalue weighted by Gasteiger charge is 2.41. The fraction of sp³-hybridized carbons (Fsp3) is 0.154. The van der Waals surface area contributed by atoms with Crippen LogP contribution in [-0.4, -0.2) is 18.9 Å². The molecule has 0 bridgehead atoms. The molecular formula is C26H23FN2O3. The summed E-state index contributed by atoms with van der Waals surface area (Å²) in [5.41, 5.74) is 4.86. The molecule has 1 aliphatic rings. The molecule has 1 aliphatic heterocycles. The summed E-state index contributed by atoms with van der Waals surface area (Å²) in [6.45, 7) is 5.81. The first-order valence-corrected chi connectivity index (χ1v) is 10.2. The summed E-state index contributed by atoms with van der Waals surface area (Å²) in [5, 5.41) is 3.04. The fourth-order valence-corrected chi connectivity index (χ4v) is 3.68. The molecule has 0 saturated heterocycles. The van der Waals surface area contributed by atoms with Crippen LogP contribution in [0.1, 0.15) is 22.3 Å². The van der Waals surface area contributed by atoms with Crippen LogP contribution in [0, 0.1) is 26.6 Å². The van der Waals surface area contributed by atoms with Crippen LogP contribution in [0.15, 0.2) is 66.4 Å². The summed E-state index contributed by atoms with van der Waals surface area (Å²) in [7, 11) is 1.49. The molecule has 0 unspecified atom stereocenters. The second kappa shape index (κ2) is 8.30. The number of imide groups is 1. The quantitative estimate of drug-likeness (QED) is 0.569. The summed E-state index contributed by atoms with van der Waals surface area (Å²) >= 11 is 0. The molecule has 1 N–H and O–H groups in total. The van der Waals surface area contributed by atoms with Gasteiger partial charge in [-0.25, -0.2) is 9.29 Å². The summed E-state index contributed by atoms with van der Waals surface area (Å²) < 4.78 is 18.8. The lowest BCUT2D eigenvalue weighted by atomic mass is 9.99. The van der Waals surface area contributed by atoms with E-state index in [-0.39, 0.29) is 17.1 Å². The lowest BCUT2D eigenvalue weighted by Gasteiger charge is -2.19. The Morgan fingerprint density at radius 1 is 0.844 bits per heavy atom. The van der Waals surface area contributed by atoms with Crippen molar-refractivity contribution in [3.63, 3.8) is 0 Å². The third-order valence-corrected chi connectivity index (χ3v) is 5.57. The smallest absolute Gasteiger partial charge is 0.282 e. The van der Waals surface area contributed by atoms with Crippen molar-refractivity contribution in [1.82, 2.24) is 0 Å². The van der Waals surface area contributed by atoms with E-state index in [2.05, 4.69) is 5.32 Å². The lowest BCUT2D eigenvalue weighted by Crippen LogP contribution is -2.32. The monoisotopic (exact) mass is 430 g/mol. The Balaban J connectivity index is 1.87. The predicted octanol–water partition coefficient (Wildman–Crippen LogP) is 5.16. The molecule has 0 fully saturated rings. The average molecular weight is 430 g/mol. The van der Waals surface area contributed by atoms with E-state index < -0.39 is 11.8 Å². The van der Waals surface area contributed by atoms with E-state index in [4.69, 9.17) is 4.74 Å². The number of halogens is 1. The molecule has 0 saturated carbocycles. The second-order valence-corrected chi connectivity index (χ2v) is 7.80. The van der Waals surface area contributed by atoms with Crippen LogP contribution in [0.4, 0.5) is 15.8 Å². The molecule has 6 heteroatoms. The number of nitrogens with zero attached hydrogens (tertiary/aromatic N) is 1. The second-order valence-electron chi connectivity index (χ2n) is 7.80. The van der Waals surface area contributed by atoms with Crippen LogP contribution in [0.5, 0.6) is 5.75 Å². The van der Waals surface area contributed by atoms with Crippen molar-refractivity contribution in [2.45, 2.75) is 20.8 Å². The number of ether oxygens (including phenoxy) is 1. The van der Waals surface area contributed by atoms with Gasteiger partial charge in [0, 0.05) is 5.69 Å². The third-order valence-electron chi connectivity index (χ3n) is 5.57. The van der Waals surface area contributed by atoms with Crippen molar-refractivity contribution in [2.24, 2.45) is 0 Å². The van der Waals surface area contributed by atoms with Crippen molar-refractivity contribution in [3.05, 3.63) is 94.4 Å². The van der Waals surface area contributed by atoms with Crippen LogP contribution >= 0.6 is 0 Å². The molecule has 0 atom stereocenters. The van der Waals surface area contributed by atoms with E-state index in [0.717, 1.165) is 21.6 Å². The van der Waals surface area contributed by atoms with Crippen molar-refractivity contribution < 1.29 is 18.7 Å². The van der Waals surface area contributed by atoms with Gasteiger partial charge in [0.05, 0.1) is 18.4 Å². The number of methoxy groups -OCH3 is 1. The summed E-state index contributed by atoms with van der Waals surface area (Å²) in [6, 6.07) is 16.6. The van der Waals surface area contributed by atoms with E-state index in [9.17, 15) is 14.0 Å². The van der Waals surface area contributed by atoms with Crippen molar-refractivity contribution in [3.8, 4) is 5.75 Å². The third kappa shape index (κ3) is 3.75. The van der Waals surface area contributed by atoms with Gasteiger partial charge in [0.25, 0.3) is 11.8 Å². The normalized spacial score (nSPS) is 13.7. The van der Waals surface area contributed by atoms with Crippen molar-refractivity contribution in [1.29, 1.82) is 0 Å². The van der Waals surface area contributed by atoms with Gasteiger partial charge in [-0.1, -0.05) is 24.3 Å². The molecule has 162 valence electrons. The molecule has 0 spiro atoms. The number of aryl methyl sites for hydroxylation is 3. The highest BCUT2D eigenvalue weighted by Crippen LogP contribution is 2.38. The zero-order valence-corrected chi connectivity index (χ0v) is 18.3. The van der Waals surface area contributed by atoms with Crippen molar-refractivity contribution in [2.75, 3.05) is 17.3 Å².